The van der Waals surface area contributed by atoms with Gasteiger partial charge in [0.25, 0.3) is 0 Å². The SMILES string of the molecule is COc1cccc([C@@H]2Oc3ccccc3[C@@H]3CC(c4cc(C)ccc4O)=NN32)c1. The fourth-order valence-electron chi connectivity index (χ4n) is 4.09. The van der Waals surface area contributed by atoms with Crippen molar-refractivity contribution >= 4 is 5.71 Å². The van der Waals surface area contributed by atoms with Gasteiger partial charge in [0.15, 0.2) is 0 Å². The van der Waals surface area contributed by atoms with Gasteiger partial charge in [0.2, 0.25) is 6.23 Å². The van der Waals surface area contributed by atoms with E-state index in [4.69, 9.17) is 14.6 Å². The van der Waals surface area contributed by atoms with Crippen molar-refractivity contribution in [2.75, 3.05) is 7.11 Å². The Morgan fingerprint density at radius 2 is 1.93 bits per heavy atom. The quantitative estimate of drug-likeness (QED) is 0.692. The van der Waals surface area contributed by atoms with E-state index in [1.54, 1.807) is 13.2 Å². The van der Waals surface area contributed by atoms with Crippen LogP contribution in [0.15, 0.2) is 71.8 Å². The van der Waals surface area contributed by atoms with Gasteiger partial charge in [-0.15, -0.1) is 0 Å². The Labute approximate surface area is 169 Å². The van der Waals surface area contributed by atoms with Crippen LogP contribution in [0.5, 0.6) is 17.2 Å². The molecule has 146 valence electrons. The number of hydrazone groups is 1. The zero-order chi connectivity index (χ0) is 20.0. The predicted molar refractivity (Wildman–Crippen MR) is 111 cm³/mol. The second-order valence-electron chi connectivity index (χ2n) is 7.45. The summed E-state index contributed by atoms with van der Waals surface area (Å²) in [5, 5.41) is 17.4. The lowest BCUT2D eigenvalue weighted by atomic mass is 9.95. The van der Waals surface area contributed by atoms with Crippen molar-refractivity contribution in [1.29, 1.82) is 0 Å². The first-order chi connectivity index (χ1) is 14.1. The average Bonchev–Trinajstić information content (AvgIpc) is 3.20. The number of para-hydroxylation sites is 1. The fourth-order valence-corrected chi connectivity index (χ4v) is 4.09. The van der Waals surface area contributed by atoms with Gasteiger partial charge in [-0.05, 0) is 37.3 Å². The standard InChI is InChI=1S/C24H22N2O3/c1-15-10-11-22(27)19(12-15)20-14-21-18-8-3-4-9-23(18)29-24(26(21)25-20)16-6-5-7-17(13-16)28-2/h3-13,21,24,27H,14H2,1-2H3/t21-,24-/m0/s1. The molecule has 1 N–H and O–H groups in total. The Bertz CT molecular complexity index is 1110. The highest BCUT2D eigenvalue weighted by molar-refractivity contribution is 6.04. The molecule has 2 aliphatic rings. The number of hydrogen-bond acceptors (Lipinski definition) is 5. The number of aromatic hydroxyl groups is 1. The molecule has 3 aromatic rings. The second-order valence-corrected chi connectivity index (χ2v) is 7.45. The van der Waals surface area contributed by atoms with E-state index in [9.17, 15) is 5.11 Å². The molecule has 5 heteroatoms. The Kier molecular flexibility index (Phi) is 4.16. The number of fused-ring (bicyclic) bond motifs is 3. The Hall–Kier alpha value is -3.47. The van der Waals surface area contributed by atoms with Crippen LogP contribution in [0.1, 0.15) is 40.9 Å². The molecule has 5 nitrogen and oxygen atoms in total. The molecule has 5 rings (SSSR count). The molecule has 0 unspecified atom stereocenters. The first-order valence-corrected chi connectivity index (χ1v) is 9.69. The number of phenols is 1. The normalized spacial score (nSPS) is 19.8. The molecule has 0 spiro atoms. The van der Waals surface area contributed by atoms with Gasteiger partial charge < -0.3 is 14.6 Å². The topological polar surface area (TPSA) is 54.3 Å². The minimum atomic E-state index is -0.366. The highest BCUT2D eigenvalue weighted by Gasteiger charge is 2.41. The van der Waals surface area contributed by atoms with E-state index >= 15 is 0 Å². The molecule has 0 aliphatic carbocycles. The summed E-state index contributed by atoms with van der Waals surface area (Å²) in [7, 11) is 1.66. The van der Waals surface area contributed by atoms with Crippen LogP contribution in [0.2, 0.25) is 0 Å². The first kappa shape index (κ1) is 17.6. The Balaban J connectivity index is 1.61. The highest BCUT2D eigenvalue weighted by atomic mass is 16.5. The Morgan fingerprint density at radius 3 is 2.79 bits per heavy atom. The molecule has 0 amide bonds. The van der Waals surface area contributed by atoms with E-state index in [1.165, 1.54) is 0 Å². The van der Waals surface area contributed by atoms with Crippen molar-refractivity contribution in [3.8, 4) is 17.2 Å². The summed E-state index contributed by atoms with van der Waals surface area (Å²) in [6.45, 7) is 2.02. The molecule has 0 radical (unpaired) electrons. The molecule has 3 aromatic carbocycles. The van der Waals surface area contributed by atoms with Gasteiger partial charge in [-0.2, -0.15) is 5.10 Å². The van der Waals surface area contributed by atoms with Crippen LogP contribution in [-0.4, -0.2) is 22.9 Å². The van der Waals surface area contributed by atoms with Crippen molar-refractivity contribution in [2.24, 2.45) is 5.10 Å². The Morgan fingerprint density at radius 1 is 1.07 bits per heavy atom. The zero-order valence-corrected chi connectivity index (χ0v) is 16.4. The molecule has 0 saturated heterocycles. The first-order valence-electron chi connectivity index (χ1n) is 9.69. The van der Waals surface area contributed by atoms with Crippen molar-refractivity contribution in [2.45, 2.75) is 25.6 Å². The monoisotopic (exact) mass is 386 g/mol. The summed E-state index contributed by atoms with van der Waals surface area (Å²) in [4.78, 5) is 0. The summed E-state index contributed by atoms with van der Waals surface area (Å²) in [6, 6.07) is 21.6. The number of hydrogen-bond donors (Lipinski definition) is 1. The molecule has 0 saturated carbocycles. The molecule has 0 bridgehead atoms. The van der Waals surface area contributed by atoms with Crippen LogP contribution < -0.4 is 9.47 Å². The largest absolute Gasteiger partial charge is 0.507 e. The van der Waals surface area contributed by atoms with E-state index in [2.05, 4.69) is 6.07 Å². The predicted octanol–water partition coefficient (Wildman–Crippen LogP) is 4.95. The van der Waals surface area contributed by atoms with Gasteiger partial charge in [-0.3, -0.25) is 0 Å². The maximum absolute atomic E-state index is 10.4. The molecular formula is C24H22N2O3. The molecule has 0 fully saturated rings. The van der Waals surface area contributed by atoms with Gasteiger partial charge >= 0.3 is 0 Å². The third kappa shape index (κ3) is 2.99. The van der Waals surface area contributed by atoms with Gasteiger partial charge in [0, 0.05) is 23.1 Å². The van der Waals surface area contributed by atoms with E-state index in [0.29, 0.717) is 6.42 Å². The minimum absolute atomic E-state index is 0.0473. The lowest BCUT2D eigenvalue weighted by Crippen LogP contribution is -2.33. The third-order valence-electron chi connectivity index (χ3n) is 5.54. The number of nitrogens with zero attached hydrogens (tertiary/aromatic N) is 2. The maximum Gasteiger partial charge on any atom is 0.214 e. The maximum atomic E-state index is 10.4. The number of rotatable bonds is 3. The van der Waals surface area contributed by atoms with Crippen LogP contribution in [0.4, 0.5) is 0 Å². The van der Waals surface area contributed by atoms with Crippen molar-refractivity contribution in [1.82, 2.24) is 5.01 Å². The lowest BCUT2D eigenvalue weighted by molar-refractivity contribution is -0.0191. The molecule has 2 aliphatic heterocycles. The van der Waals surface area contributed by atoms with Gasteiger partial charge in [0.1, 0.15) is 17.2 Å². The number of methoxy groups -OCH3 is 1. The van der Waals surface area contributed by atoms with Crippen LogP contribution in [-0.2, 0) is 0 Å². The second kappa shape index (κ2) is 6.85. The van der Waals surface area contributed by atoms with E-state index in [1.807, 2.05) is 66.5 Å². The molecule has 0 aromatic heterocycles. The number of phenolic OH excluding ortho intramolecular Hbond substituents is 1. The number of ether oxygens (including phenoxy) is 2. The number of aryl methyl sites for hydroxylation is 1. The van der Waals surface area contributed by atoms with Crippen LogP contribution in [0.3, 0.4) is 0 Å². The molecule has 2 heterocycles. The lowest BCUT2D eigenvalue weighted by Gasteiger charge is -2.38. The number of benzene rings is 3. The molecule has 29 heavy (non-hydrogen) atoms. The van der Waals surface area contributed by atoms with E-state index in [0.717, 1.165) is 39.5 Å². The van der Waals surface area contributed by atoms with Crippen LogP contribution in [0.25, 0.3) is 0 Å². The molecular weight excluding hydrogens is 364 g/mol. The van der Waals surface area contributed by atoms with Gasteiger partial charge in [0.05, 0.1) is 18.9 Å². The van der Waals surface area contributed by atoms with Gasteiger partial charge in [-0.25, -0.2) is 5.01 Å². The van der Waals surface area contributed by atoms with Crippen molar-refractivity contribution in [3.05, 3.63) is 89.0 Å². The smallest absolute Gasteiger partial charge is 0.214 e. The summed E-state index contributed by atoms with van der Waals surface area (Å²) >= 11 is 0. The fraction of sp³-hybridized carbons (Fsp3) is 0.208. The van der Waals surface area contributed by atoms with Crippen LogP contribution >= 0.6 is 0 Å². The minimum Gasteiger partial charge on any atom is -0.507 e. The highest BCUT2D eigenvalue weighted by Crippen LogP contribution is 2.48. The summed E-state index contributed by atoms with van der Waals surface area (Å²) < 4.78 is 11.8. The third-order valence-corrected chi connectivity index (χ3v) is 5.54. The van der Waals surface area contributed by atoms with Gasteiger partial charge in [-0.1, -0.05) is 42.0 Å². The zero-order valence-electron chi connectivity index (χ0n) is 16.4. The van der Waals surface area contributed by atoms with Crippen molar-refractivity contribution in [3.63, 3.8) is 0 Å². The van der Waals surface area contributed by atoms with E-state index in [-0.39, 0.29) is 18.0 Å². The summed E-state index contributed by atoms with van der Waals surface area (Å²) in [5.74, 6) is 1.90. The van der Waals surface area contributed by atoms with E-state index < -0.39 is 0 Å². The van der Waals surface area contributed by atoms with Crippen molar-refractivity contribution < 1.29 is 14.6 Å². The summed E-state index contributed by atoms with van der Waals surface area (Å²) in [6.07, 6.45) is 0.340. The average molecular weight is 386 g/mol. The molecule has 2 atom stereocenters. The van der Waals surface area contributed by atoms with Crippen LogP contribution in [0, 0.1) is 6.92 Å². The summed E-state index contributed by atoms with van der Waals surface area (Å²) in [5.41, 5.74) is 4.82.